The Bertz CT molecular complexity index is 820. The van der Waals surface area contributed by atoms with Crippen LogP contribution < -0.4 is 0 Å². The van der Waals surface area contributed by atoms with Crippen molar-refractivity contribution in [3.63, 3.8) is 0 Å². The summed E-state index contributed by atoms with van der Waals surface area (Å²) in [6.45, 7) is 3.15. The molecule has 3 aromatic heterocycles. The molecule has 1 aliphatic heterocycles. The molecule has 0 fully saturated rings. The van der Waals surface area contributed by atoms with Gasteiger partial charge in [0.2, 0.25) is 0 Å². The molecule has 0 N–H and O–H groups in total. The smallest absolute Gasteiger partial charge is 0.289 e. The molecule has 0 aromatic carbocycles. The van der Waals surface area contributed by atoms with Crippen LogP contribution >= 0.6 is 0 Å². The highest BCUT2D eigenvalue weighted by molar-refractivity contribution is 5.91. The molecule has 1 amide bonds. The standard InChI is InChI=1S/C15H14N4O2/c1-10-7-14-16-8-11-9-18(5-4-12(11)19(14)17-10)15(20)13-3-2-6-21-13/h2-3,6-8H,4-5,9H2,1H3. The molecule has 0 saturated heterocycles. The maximum atomic E-state index is 12.3. The number of rotatable bonds is 1. The van der Waals surface area contributed by atoms with E-state index in [0.29, 0.717) is 18.8 Å². The van der Waals surface area contributed by atoms with Gasteiger partial charge >= 0.3 is 0 Å². The number of hydrogen-bond donors (Lipinski definition) is 0. The minimum atomic E-state index is -0.0811. The number of aromatic nitrogens is 3. The molecule has 0 aliphatic carbocycles. The first-order valence-electron chi connectivity index (χ1n) is 6.88. The lowest BCUT2D eigenvalue weighted by Gasteiger charge is -2.28. The fourth-order valence-electron chi connectivity index (χ4n) is 2.78. The Morgan fingerprint density at radius 2 is 2.33 bits per heavy atom. The van der Waals surface area contributed by atoms with Gasteiger partial charge in [-0.2, -0.15) is 5.10 Å². The van der Waals surface area contributed by atoms with E-state index in [0.717, 1.165) is 29.0 Å². The average molecular weight is 282 g/mol. The topological polar surface area (TPSA) is 63.6 Å². The van der Waals surface area contributed by atoms with Gasteiger partial charge in [0.25, 0.3) is 5.91 Å². The molecule has 4 rings (SSSR count). The highest BCUT2D eigenvalue weighted by atomic mass is 16.3. The van der Waals surface area contributed by atoms with Crippen LogP contribution in [0.25, 0.3) is 5.65 Å². The van der Waals surface area contributed by atoms with Gasteiger partial charge in [0.1, 0.15) is 0 Å². The van der Waals surface area contributed by atoms with Crippen LogP contribution in [0, 0.1) is 6.92 Å². The predicted octanol–water partition coefficient (Wildman–Crippen LogP) is 1.83. The summed E-state index contributed by atoms with van der Waals surface area (Å²) in [5, 5.41) is 4.48. The maximum Gasteiger partial charge on any atom is 0.289 e. The van der Waals surface area contributed by atoms with Gasteiger partial charge in [-0.25, -0.2) is 9.50 Å². The summed E-state index contributed by atoms with van der Waals surface area (Å²) in [7, 11) is 0. The van der Waals surface area contributed by atoms with Gasteiger partial charge in [-0.1, -0.05) is 0 Å². The van der Waals surface area contributed by atoms with Crippen LogP contribution in [0.3, 0.4) is 0 Å². The normalized spacial score (nSPS) is 14.4. The Morgan fingerprint density at radius 1 is 1.43 bits per heavy atom. The number of amides is 1. The number of fused-ring (bicyclic) bond motifs is 3. The van der Waals surface area contributed by atoms with Crippen LogP contribution in [0.15, 0.2) is 35.1 Å². The first kappa shape index (κ1) is 12.1. The van der Waals surface area contributed by atoms with Crippen molar-refractivity contribution in [1.82, 2.24) is 19.5 Å². The van der Waals surface area contributed by atoms with Crippen LogP contribution in [0.1, 0.15) is 27.5 Å². The maximum absolute atomic E-state index is 12.3. The SMILES string of the molecule is Cc1cc2ncc3c(n2n1)CCN(C(=O)c1ccco1)C3. The number of aryl methyl sites for hydroxylation is 1. The molecule has 0 atom stereocenters. The average Bonchev–Trinajstić information content (AvgIpc) is 3.14. The molecule has 4 heterocycles. The van der Waals surface area contributed by atoms with E-state index in [9.17, 15) is 4.79 Å². The zero-order chi connectivity index (χ0) is 14.4. The molecule has 3 aromatic rings. The van der Waals surface area contributed by atoms with Gasteiger partial charge in [-0.3, -0.25) is 4.79 Å². The Morgan fingerprint density at radius 3 is 3.14 bits per heavy atom. The fraction of sp³-hybridized carbons (Fsp3) is 0.267. The summed E-state index contributed by atoms with van der Waals surface area (Å²) in [6.07, 6.45) is 4.12. The summed E-state index contributed by atoms with van der Waals surface area (Å²) in [4.78, 5) is 18.5. The lowest BCUT2D eigenvalue weighted by atomic mass is 10.1. The van der Waals surface area contributed by atoms with Gasteiger partial charge in [0.05, 0.1) is 17.7 Å². The van der Waals surface area contributed by atoms with Gasteiger partial charge in [0.15, 0.2) is 11.4 Å². The van der Waals surface area contributed by atoms with E-state index in [1.807, 2.05) is 23.7 Å². The zero-order valence-electron chi connectivity index (χ0n) is 11.6. The van der Waals surface area contributed by atoms with Crippen molar-refractivity contribution < 1.29 is 9.21 Å². The Hall–Kier alpha value is -2.63. The number of carbonyl (C=O) groups excluding carboxylic acids is 1. The number of nitrogens with zero attached hydrogens (tertiary/aromatic N) is 4. The largest absolute Gasteiger partial charge is 0.459 e. The zero-order valence-corrected chi connectivity index (χ0v) is 11.6. The van der Waals surface area contributed by atoms with E-state index in [2.05, 4.69) is 10.1 Å². The fourth-order valence-corrected chi connectivity index (χ4v) is 2.78. The predicted molar refractivity (Wildman–Crippen MR) is 74.9 cm³/mol. The highest BCUT2D eigenvalue weighted by Crippen LogP contribution is 2.21. The molecule has 0 radical (unpaired) electrons. The second-order valence-electron chi connectivity index (χ2n) is 5.24. The number of hydrogen-bond acceptors (Lipinski definition) is 4. The second kappa shape index (κ2) is 4.44. The summed E-state index contributed by atoms with van der Waals surface area (Å²) in [6, 6.07) is 5.37. The summed E-state index contributed by atoms with van der Waals surface area (Å²) in [5.41, 5.74) is 3.98. The van der Waals surface area contributed by atoms with Gasteiger partial charge in [0, 0.05) is 37.3 Å². The third-order valence-electron chi connectivity index (χ3n) is 3.79. The Labute approximate surface area is 121 Å². The van der Waals surface area contributed by atoms with Crippen LogP contribution in [-0.2, 0) is 13.0 Å². The minimum absolute atomic E-state index is 0.0811. The number of furan rings is 1. The van der Waals surface area contributed by atoms with Crippen molar-refractivity contribution in [2.75, 3.05) is 6.54 Å². The third-order valence-corrected chi connectivity index (χ3v) is 3.79. The molecule has 0 saturated carbocycles. The van der Waals surface area contributed by atoms with E-state index < -0.39 is 0 Å². The Balaban J connectivity index is 1.69. The third kappa shape index (κ3) is 1.91. The van der Waals surface area contributed by atoms with Gasteiger partial charge in [-0.05, 0) is 19.1 Å². The molecular weight excluding hydrogens is 268 g/mol. The van der Waals surface area contributed by atoms with Crippen LogP contribution in [0.2, 0.25) is 0 Å². The minimum Gasteiger partial charge on any atom is -0.459 e. The molecule has 0 unspecified atom stereocenters. The first-order chi connectivity index (χ1) is 10.2. The highest BCUT2D eigenvalue weighted by Gasteiger charge is 2.25. The van der Waals surface area contributed by atoms with E-state index >= 15 is 0 Å². The van der Waals surface area contributed by atoms with Crippen molar-refractivity contribution in [2.24, 2.45) is 0 Å². The van der Waals surface area contributed by atoms with Gasteiger partial charge in [-0.15, -0.1) is 0 Å². The van der Waals surface area contributed by atoms with Crippen molar-refractivity contribution in [2.45, 2.75) is 19.9 Å². The second-order valence-corrected chi connectivity index (χ2v) is 5.24. The van der Waals surface area contributed by atoms with E-state index in [4.69, 9.17) is 4.42 Å². The summed E-state index contributed by atoms with van der Waals surface area (Å²) < 4.78 is 7.07. The molecule has 6 nitrogen and oxygen atoms in total. The lowest BCUT2D eigenvalue weighted by Crippen LogP contribution is -2.36. The molecule has 0 spiro atoms. The van der Waals surface area contributed by atoms with Crippen LogP contribution in [0.4, 0.5) is 0 Å². The monoisotopic (exact) mass is 282 g/mol. The van der Waals surface area contributed by atoms with E-state index in [-0.39, 0.29) is 5.91 Å². The van der Waals surface area contributed by atoms with Crippen LogP contribution in [-0.4, -0.2) is 31.9 Å². The van der Waals surface area contributed by atoms with Crippen LogP contribution in [0.5, 0.6) is 0 Å². The van der Waals surface area contributed by atoms with Gasteiger partial charge < -0.3 is 9.32 Å². The van der Waals surface area contributed by atoms with E-state index in [1.165, 1.54) is 6.26 Å². The molecule has 0 bridgehead atoms. The lowest BCUT2D eigenvalue weighted by molar-refractivity contribution is 0.0700. The first-order valence-corrected chi connectivity index (χ1v) is 6.88. The quantitative estimate of drug-likeness (QED) is 0.683. The van der Waals surface area contributed by atoms with Crippen molar-refractivity contribution >= 4 is 11.6 Å². The molecule has 6 heteroatoms. The molecule has 106 valence electrons. The summed E-state index contributed by atoms with van der Waals surface area (Å²) in [5.74, 6) is 0.296. The number of carbonyl (C=O) groups is 1. The van der Waals surface area contributed by atoms with Crippen molar-refractivity contribution in [3.8, 4) is 0 Å². The Kier molecular flexibility index (Phi) is 2.57. The van der Waals surface area contributed by atoms with E-state index in [1.54, 1.807) is 17.0 Å². The van der Waals surface area contributed by atoms with Crippen molar-refractivity contribution in [3.05, 3.63) is 53.4 Å². The molecule has 1 aliphatic rings. The summed E-state index contributed by atoms with van der Waals surface area (Å²) >= 11 is 0. The molecular formula is C15H14N4O2. The van der Waals surface area contributed by atoms with Crippen molar-refractivity contribution in [1.29, 1.82) is 0 Å². The molecule has 21 heavy (non-hydrogen) atoms.